The van der Waals surface area contributed by atoms with Crippen molar-refractivity contribution in [1.29, 1.82) is 0 Å². The Bertz CT molecular complexity index is 1230. The van der Waals surface area contributed by atoms with Gasteiger partial charge in [0.2, 0.25) is 21.8 Å². The minimum absolute atomic E-state index is 0.000810. The molecule has 1 atom stereocenters. The number of nitrogens with one attached hydrogen (secondary N) is 1. The Morgan fingerprint density at radius 2 is 1.68 bits per heavy atom. The van der Waals surface area contributed by atoms with Crippen molar-refractivity contribution < 1.29 is 32.4 Å². The number of methoxy groups -OCH3 is 2. The van der Waals surface area contributed by atoms with Crippen molar-refractivity contribution in [3.05, 3.63) is 58.1 Å². The summed E-state index contributed by atoms with van der Waals surface area (Å²) in [5, 5.41) is 14.1. The molecule has 0 saturated heterocycles. The second kappa shape index (κ2) is 12.4. The molecule has 0 fully saturated rings. The van der Waals surface area contributed by atoms with Crippen LogP contribution in [0, 0.1) is 10.1 Å². The summed E-state index contributed by atoms with van der Waals surface area (Å²) < 4.78 is 36.6. The van der Waals surface area contributed by atoms with Gasteiger partial charge in [-0.2, -0.15) is 0 Å². The zero-order valence-corrected chi connectivity index (χ0v) is 22.4. The third kappa shape index (κ3) is 7.81. The first-order chi connectivity index (χ1) is 17.3. The number of nitro benzene ring substituents is 1. The Kier molecular flexibility index (Phi) is 9.83. The summed E-state index contributed by atoms with van der Waals surface area (Å²) in [6.07, 6.45) is 0.876. The fraction of sp³-hybridized carbons (Fsp3) is 0.417. The Balaban J connectivity index is 2.51. The molecule has 2 aromatic rings. The van der Waals surface area contributed by atoms with Crippen LogP contribution in [0.5, 0.6) is 11.5 Å². The molecular formula is C24H32N4O8S. The van der Waals surface area contributed by atoms with Gasteiger partial charge in [0.15, 0.2) is 0 Å². The fourth-order valence-electron chi connectivity index (χ4n) is 3.50. The smallest absolute Gasteiger partial charge is 0.271 e. The van der Waals surface area contributed by atoms with Gasteiger partial charge >= 0.3 is 0 Å². The third-order valence-electron chi connectivity index (χ3n) is 5.43. The second-order valence-electron chi connectivity index (χ2n) is 8.59. The van der Waals surface area contributed by atoms with Crippen molar-refractivity contribution in [1.82, 2.24) is 10.2 Å². The van der Waals surface area contributed by atoms with Crippen LogP contribution in [0.25, 0.3) is 0 Å². The summed E-state index contributed by atoms with van der Waals surface area (Å²) in [5.74, 6) is -0.485. The first kappa shape index (κ1) is 29.4. The normalized spacial score (nSPS) is 12.0. The van der Waals surface area contributed by atoms with E-state index < -0.39 is 39.3 Å². The third-order valence-corrected chi connectivity index (χ3v) is 6.56. The highest BCUT2D eigenvalue weighted by Gasteiger charge is 2.32. The predicted octanol–water partition coefficient (Wildman–Crippen LogP) is 2.32. The largest absolute Gasteiger partial charge is 0.497 e. The molecule has 0 aliphatic rings. The lowest BCUT2D eigenvalue weighted by Gasteiger charge is -2.32. The number of carbonyl (C=O) groups excluding carboxylic acids is 2. The monoisotopic (exact) mass is 536 g/mol. The number of non-ortho nitro benzene ring substituents is 1. The first-order valence-electron chi connectivity index (χ1n) is 11.3. The van der Waals surface area contributed by atoms with E-state index in [1.165, 1.54) is 38.2 Å². The molecule has 0 heterocycles. The van der Waals surface area contributed by atoms with Crippen LogP contribution < -0.4 is 19.1 Å². The zero-order chi connectivity index (χ0) is 27.9. The lowest BCUT2D eigenvalue weighted by molar-refractivity contribution is -0.384. The standard InChI is InChI=1S/C24H32N4O8S/c1-16(2)25-24(30)17(3)26(14-18-7-10-20(35-4)11-8-18)23(29)15-27(37(6,33)34)21-13-19(28(31)32)9-12-22(21)36-5/h7-13,16-17H,14-15H2,1-6H3,(H,25,30)/t17-/m1/s1. The number of sulfonamides is 1. The highest BCUT2D eigenvalue weighted by atomic mass is 32.2. The van der Waals surface area contributed by atoms with Gasteiger partial charge in [0.05, 0.1) is 25.4 Å². The van der Waals surface area contributed by atoms with Crippen LogP contribution in [0.15, 0.2) is 42.5 Å². The lowest BCUT2D eigenvalue weighted by atomic mass is 10.1. The van der Waals surface area contributed by atoms with Crippen LogP contribution in [0.4, 0.5) is 11.4 Å². The summed E-state index contributed by atoms with van der Waals surface area (Å²) in [4.78, 5) is 38.3. The van der Waals surface area contributed by atoms with E-state index >= 15 is 0 Å². The van der Waals surface area contributed by atoms with Gasteiger partial charge in [-0.05, 0) is 44.5 Å². The van der Waals surface area contributed by atoms with Crippen LogP contribution >= 0.6 is 0 Å². The molecule has 0 radical (unpaired) electrons. The Morgan fingerprint density at radius 1 is 1.05 bits per heavy atom. The fourth-order valence-corrected chi connectivity index (χ4v) is 4.34. The van der Waals surface area contributed by atoms with Crippen LogP contribution in [0.2, 0.25) is 0 Å². The number of hydrogen-bond donors (Lipinski definition) is 1. The van der Waals surface area contributed by atoms with Crippen LogP contribution in [-0.4, -0.2) is 69.2 Å². The molecule has 0 aliphatic heterocycles. The molecule has 37 heavy (non-hydrogen) atoms. The number of nitro groups is 1. The highest BCUT2D eigenvalue weighted by Crippen LogP contribution is 2.34. The van der Waals surface area contributed by atoms with Gasteiger partial charge in [-0.15, -0.1) is 0 Å². The molecule has 0 aromatic heterocycles. The molecular weight excluding hydrogens is 504 g/mol. The summed E-state index contributed by atoms with van der Waals surface area (Å²) >= 11 is 0. The van der Waals surface area contributed by atoms with Crippen molar-refractivity contribution in [2.75, 3.05) is 31.3 Å². The molecule has 12 nitrogen and oxygen atoms in total. The molecule has 2 amide bonds. The SMILES string of the molecule is COc1ccc(CN(C(=O)CN(c2cc([N+](=O)[O-])ccc2OC)S(C)(=O)=O)[C@H](C)C(=O)NC(C)C)cc1. The van der Waals surface area contributed by atoms with Crippen molar-refractivity contribution in [2.45, 2.75) is 39.4 Å². The average Bonchev–Trinajstić information content (AvgIpc) is 2.84. The molecule has 0 saturated carbocycles. The zero-order valence-electron chi connectivity index (χ0n) is 21.6. The van der Waals surface area contributed by atoms with Crippen LogP contribution in [0.3, 0.4) is 0 Å². The topological polar surface area (TPSA) is 148 Å². The number of nitrogens with zero attached hydrogens (tertiary/aromatic N) is 3. The molecule has 0 aliphatic carbocycles. The maximum absolute atomic E-state index is 13.6. The number of amides is 2. The van der Waals surface area contributed by atoms with Gasteiger partial charge in [0.1, 0.15) is 29.8 Å². The van der Waals surface area contributed by atoms with Gasteiger partial charge in [-0.25, -0.2) is 8.42 Å². The minimum atomic E-state index is -4.10. The van der Waals surface area contributed by atoms with Crippen molar-refractivity contribution in [3.63, 3.8) is 0 Å². The molecule has 2 aromatic carbocycles. The number of benzene rings is 2. The Morgan fingerprint density at radius 3 is 2.16 bits per heavy atom. The van der Waals surface area contributed by atoms with E-state index in [0.717, 1.165) is 16.6 Å². The van der Waals surface area contributed by atoms with E-state index in [2.05, 4.69) is 5.32 Å². The molecule has 0 bridgehead atoms. The molecule has 2 rings (SSSR count). The van der Waals surface area contributed by atoms with E-state index in [1.54, 1.807) is 38.1 Å². The van der Waals surface area contributed by atoms with E-state index in [4.69, 9.17) is 9.47 Å². The summed E-state index contributed by atoms with van der Waals surface area (Å²) in [5.41, 5.74) is 0.130. The van der Waals surface area contributed by atoms with Crippen molar-refractivity contribution in [3.8, 4) is 11.5 Å². The number of hydrogen-bond acceptors (Lipinski definition) is 8. The minimum Gasteiger partial charge on any atom is -0.497 e. The maximum atomic E-state index is 13.6. The van der Waals surface area contributed by atoms with Gasteiger partial charge in [-0.3, -0.25) is 24.0 Å². The molecule has 13 heteroatoms. The van der Waals surface area contributed by atoms with Gasteiger partial charge in [0, 0.05) is 24.7 Å². The Hall–Kier alpha value is -3.87. The van der Waals surface area contributed by atoms with Crippen molar-refractivity contribution >= 4 is 33.2 Å². The molecule has 1 N–H and O–H groups in total. The highest BCUT2D eigenvalue weighted by molar-refractivity contribution is 7.92. The second-order valence-corrected chi connectivity index (χ2v) is 10.5. The molecule has 202 valence electrons. The van der Waals surface area contributed by atoms with E-state index in [9.17, 15) is 28.1 Å². The number of ether oxygens (including phenoxy) is 2. The van der Waals surface area contributed by atoms with E-state index in [-0.39, 0.29) is 29.7 Å². The van der Waals surface area contributed by atoms with Gasteiger partial charge < -0.3 is 19.7 Å². The van der Waals surface area contributed by atoms with E-state index in [1.807, 2.05) is 0 Å². The van der Waals surface area contributed by atoms with Gasteiger partial charge in [0.25, 0.3) is 5.69 Å². The first-order valence-corrected chi connectivity index (χ1v) is 13.2. The lowest BCUT2D eigenvalue weighted by Crippen LogP contribution is -2.52. The number of rotatable bonds is 12. The Labute approximate surface area is 216 Å². The maximum Gasteiger partial charge on any atom is 0.271 e. The average molecular weight is 537 g/mol. The van der Waals surface area contributed by atoms with Crippen molar-refractivity contribution in [2.24, 2.45) is 0 Å². The molecule has 0 spiro atoms. The summed E-state index contributed by atoms with van der Waals surface area (Å²) in [7, 11) is -1.30. The van der Waals surface area contributed by atoms with Crippen LogP contribution in [0.1, 0.15) is 26.3 Å². The van der Waals surface area contributed by atoms with E-state index in [0.29, 0.717) is 11.3 Å². The summed E-state index contributed by atoms with van der Waals surface area (Å²) in [6.45, 7) is 4.38. The predicted molar refractivity (Wildman–Crippen MR) is 138 cm³/mol. The summed E-state index contributed by atoms with van der Waals surface area (Å²) in [6, 6.07) is 9.16. The number of carbonyl (C=O) groups is 2. The quantitative estimate of drug-likeness (QED) is 0.321. The molecule has 0 unspecified atom stereocenters. The van der Waals surface area contributed by atoms with Gasteiger partial charge in [-0.1, -0.05) is 12.1 Å². The number of anilines is 1. The van der Waals surface area contributed by atoms with Crippen LogP contribution in [-0.2, 0) is 26.2 Å².